The molecule has 2 aromatic rings. The molecule has 0 unspecified atom stereocenters. The Kier molecular flexibility index (Phi) is 11.5. The van der Waals surface area contributed by atoms with Gasteiger partial charge in [-0.05, 0) is 55.0 Å². The van der Waals surface area contributed by atoms with E-state index < -0.39 is 46.6 Å². The standard InChI is InChI=1S/C32H42N2O12S/c1-4-5-30(36)46-45-22-8-6-21(7-9-22)14-25(33-32(37)44-29-18-41-31-24(29)12-13-40-31)26(35)17-34(16-20(2)3)47(38,39)23-10-11-27-28(15-23)43-19-42-27/h6-11,15,20,24-26,29,31,35H,4-5,12-14,16-19H2,1-3H3,(H,33,37)/t24-,25-,26+,29-,31+/m0/s1. The van der Waals surface area contributed by atoms with Crippen LogP contribution in [0.1, 0.15) is 45.6 Å². The summed E-state index contributed by atoms with van der Waals surface area (Å²) in [5, 5.41) is 14.3. The molecule has 258 valence electrons. The highest BCUT2D eigenvalue weighted by Crippen LogP contribution is 2.35. The van der Waals surface area contributed by atoms with Crippen molar-refractivity contribution in [3.8, 4) is 17.2 Å². The lowest BCUT2D eigenvalue weighted by Crippen LogP contribution is -2.51. The molecule has 1 amide bonds. The Labute approximate surface area is 274 Å². The molecule has 5 rings (SSSR count). The van der Waals surface area contributed by atoms with Gasteiger partial charge >= 0.3 is 12.1 Å². The number of sulfonamides is 1. The number of carbonyl (C=O) groups excluding carboxylic acids is 2. The molecule has 15 heteroatoms. The van der Waals surface area contributed by atoms with Crippen molar-refractivity contribution in [2.45, 2.75) is 75.9 Å². The number of ether oxygens (including phenoxy) is 5. The zero-order valence-corrected chi connectivity index (χ0v) is 27.5. The monoisotopic (exact) mass is 678 g/mol. The molecule has 2 aromatic carbocycles. The SMILES string of the molecule is CCCC(=O)OOc1ccc(C[C@H](NC(=O)O[C@H]2CO[C@H]3OCC[C@H]32)[C@H](O)CN(CC(C)C)S(=O)(=O)c2ccc3c(c2)OCO3)cc1. The Morgan fingerprint density at radius 1 is 1.06 bits per heavy atom. The molecule has 0 saturated carbocycles. The van der Waals surface area contributed by atoms with Gasteiger partial charge in [-0.25, -0.2) is 18.0 Å². The van der Waals surface area contributed by atoms with Crippen LogP contribution >= 0.6 is 0 Å². The van der Waals surface area contributed by atoms with Gasteiger partial charge in [0, 0.05) is 25.6 Å². The van der Waals surface area contributed by atoms with Gasteiger partial charge < -0.3 is 34.1 Å². The highest BCUT2D eigenvalue weighted by atomic mass is 32.2. The van der Waals surface area contributed by atoms with Crippen molar-refractivity contribution in [3.05, 3.63) is 48.0 Å². The van der Waals surface area contributed by atoms with Crippen LogP contribution in [0.15, 0.2) is 47.4 Å². The maximum absolute atomic E-state index is 13.9. The second-order valence-electron chi connectivity index (χ2n) is 12.2. The van der Waals surface area contributed by atoms with E-state index in [-0.39, 0.29) is 61.8 Å². The van der Waals surface area contributed by atoms with Gasteiger partial charge in [0.1, 0.15) is 6.10 Å². The van der Waals surface area contributed by atoms with Crippen LogP contribution in [0.4, 0.5) is 4.79 Å². The number of fused-ring (bicyclic) bond motifs is 2. The molecule has 2 N–H and O–H groups in total. The molecule has 0 spiro atoms. The smallest absolute Gasteiger partial charge is 0.407 e. The predicted octanol–water partition coefficient (Wildman–Crippen LogP) is 3.16. The van der Waals surface area contributed by atoms with Crippen molar-refractivity contribution in [2.24, 2.45) is 11.8 Å². The van der Waals surface area contributed by atoms with Crippen molar-refractivity contribution >= 4 is 22.1 Å². The predicted molar refractivity (Wildman–Crippen MR) is 165 cm³/mol. The molecule has 2 saturated heterocycles. The minimum Gasteiger partial charge on any atom is -0.454 e. The van der Waals surface area contributed by atoms with E-state index in [0.29, 0.717) is 36.5 Å². The van der Waals surface area contributed by atoms with E-state index in [4.69, 9.17) is 33.5 Å². The van der Waals surface area contributed by atoms with E-state index in [1.165, 1.54) is 22.5 Å². The number of benzene rings is 2. The number of hydrogen-bond acceptors (Lipinski definition) is 12. The topological polar surface area (TPSA) is 168 Å². The van der Waals surface area contributed by atoms with Crippen LogP contribution in [0, 0.1) is 11.8 Å². The third-order valence-electron chi connectivity index (χ3n) is 8.02. The zero-order valence-electron chi connectivity index (χ0n) is 26.7. The summed E-state index contributed by atoms with van der Waals surface area (Å²) < 4.78 is 56.4. The summed E-state index contributed by atoms with van der Waals surface area (Å²) in [4.78, 5) is 34.7. The molecule has 14 nitrogen and oxygen atoms in total. The lowest BCUT2D eigenvalue weighted by atomic mass is 10.0. The molecule has 0 aliphatic carbocycles. The van der Waals surface area contributed by atoms with Gasteiger partial charge in [-0.2, -0.15) is 4.31 Å². The summed E-state index contributed by atoms with van der Waals surface area (Å²) in [5.41, 5.74) is 0.684. The first kappa shape index (κ1) is 34.7. The molecule has 47 heavy (non-hydrogen) atoms. The fourth-order valence-electron chi connectivity index (χ4n) is 5.63. The maximum Gasteiger partial charge on any atom is 0.407 e. The number of alkyl carbamates (subject to hydrolysis) is 1. The Hall–Kier alpha value is -3.63. The first-order chi connectivity index (χ1) is 22.5. The lowest BCUT2D eigenvalue weighted by Gasteiger charge is -2.31. The Bertz CT molecular complexity index is 1490. The van der Waals surface area contributed by atoms with E-state index in [0.717, 1.165) is 0 Å². The van der Waals surface area contributed by atoms with Gasteiger partial charge in [-0.3, -0.25) is 9.78 Å². The zero-order chi connectivity index (χ0) is 33.6. The van der Waals surface area contributed by atoms with Crippen molar-refractivity contribution in [3.63, 3.8) is 0 Å². The van der Waals surface area contributed by atoms with Crippen LogP contribution in [0.3, 0.4) is 0 Å². The summed E-state index contributed by atoms with van der Waals surface area (Å²) in [6.45, 7) is 6.07. The van der Waals surface area contributed by atoms with Crippen LogP contribution in [0.25, 0.3) is 0 Å². The Morgan fingerprint density at radius 2 is 1.83 bits per heavy atom. The first-order valence-corrected chi connectivity index (χ1v) is 17.2. The average Bonchev–Trinajstić information content (AvgIpc) is 3.78. The van der Waals surface area contributed by atoms with Crippen LogP contribution in [-0.2, 0) is 40.3 Å². The number of aliphatic hydroxyl groups is 1. The van der Waals surface area contributed by atoms with E-state index in [1.54, 1.807) is 24.3 Å². The molecule has 0 aromatic heterocycles. The van der Waals surface area contributed by atoms with Gasteiger partial charge in [-0.15, -0.1) is 0 Å². The van der Waals surface area contributed by atoms with Crippen molar-refractivity contribution in [2.75, 3.05) is 33.1 Å². The number of aliphatic hydroxyl groups excluding tert-OH is 1. The van der Waals surface area contributed by atoms with Crippen molar-refractivity contribution in [1.82, 2.24) is 9.62 Å². The van der Waals surface area contributed by atoms with Crippen LogP contribution in [-0.4, -0.2) is 87.5 Å². The van der Waals surface area contributed by atoms with Gasteiger partial charge in [0.05, 0.1) is 36.2 Å². The number of rotatable bonds is 15. The number of nitrogens with zero attached hydrogens (tertiary/aromatic N) is 1. The van der Waals surface area contributed by atoms with Gasteiger partial charge in [0.15, 0.2) is 23.5 Å². The highest BCUT2D eigenvalue weighted by molar-refractivity contribution is 7.89. The molecular formula is C32H42N2O12S. The molecule has 0 bridgehead atoms. The van der Waals surface area contributed by atoms with Gasteiger partial charge in [0.25, 0.3) is 0 Å². The minimum atomic E-state index is -4.09. The third kappa shape index (κ3) is 8.84. The normalized spacial score (nSPS) is 21.4. The third-order valence-corrected chi connectivity index (χ3v) is 9.84. The number of carbonyl (C=O) groups is 2. The Morgan fingerprint density at radius 3 is 2.57 bits per heavy atom. The van der Waals surface area contributed by atoms with Crippen LogP contribution in [0.2, 0.25) is 0 Å². The lowest BCUT2D eigenvalue weighted by molar-refractivity contribution is -0.213. The quantitative estimate of drug-likeness (QED) is 0.209. The summed E-state index contributed by atoms with van der Waals surface area (Å²) in [6, 6.07) is 9.95. The summed E-state index contributed by atoms with van der Waals surface area (Å²) >= 11 is 0. The summed E-state index contributed by atoms with van der Waals surface area (Å²) in [5.74, 6) is 0.391. The van der Waals surface area contributed by atoms with Crippen LogP contribution < -0.4 is 19.7 Å². The van der Waals surface area contributed by atoms with Crippen LogP contribution in [0.5, 0.6) is 17.2 Å². The molecule has 3 heterocycles. The fourth-order valence-corrected chi connectivity index (χ4v) is 7.27. The number of hydrogen-bond donors (Lipinski definition) is 2. The second-order valence-corrected chi connectivity index (χ2v) is 14.1. The average molecular weight is 679 g/mol. The van der Waals surface area contributed by atoms with Crippen molar-refractivity contribution < 1.29 is 56.6 Å². The summed E-state index contributed by atoms with van der Waals surface area (Å²) in [7, 11) is -4.09. The Balaban J connectivity index is 1.32. The second kappa shape index (κ2) is 15.5. The number of nitrogens with one attached hydrogen (secondary N) is 1. The minimum absolute atomic E-state index is 0.00474. The molecule has 3 aliphatic rings. The van der Waals surface area contributed by atoms with E-state index in [1.807, 2.05) is 20.8 Å². The molecular weight excluding hydrogens is 636 g/mol. The van der Waals surface area contributed by atoms with Gasteiger partial charge in [-0.1, -0.05) is 32.9 Å². The van der Waals surface area contributed by atoms with Crippen molar-refractivity contribution in [1.29, 1.82) is 0 Å². The number of amides is 1. The van der Waals surface area contributed by atoms with E-state index >= 15 is 0 Å². The van der Waals surface area contributed by atoms with E-state index in [2.05, 4.69) is 5.32 Å². The fraction of sp³-hybridized carbons (Fsp3) is 0.562. The largest absolute Gasteiger partial charge is 0.454 e. The molecule has 5 atom stereocenters. The van der Waals surface area contributed by atoms with E-state index in [9.17, 15) is 23.1 Å². The first-order valence-electron chi connectivity index (χ1n) is 15.8. The summed E-state index contributed by atoms with van der Waals surface area (Å²) in [6.07, 6.45) is -1.40. The highest BCUT2D eigenvalue weighted by Gasteiger charge is 2.44. The molecule has 0 radical (unpaired) electrons. The maximum atomic E-state index is 13.9. The van der Waals surface area contributed by atoms with Gasteiger partial charge in [0.2, 0.25) is 16.8 Å². The molecule has 2 fully saturated rings. The molecule has 3 aliphatic heterocycles.